The lowest BCUT2D eigenvalue weighted by Gasteiger charge is -2.38. The molecule has 0 amide bonds. The average molecular weight is 372 g/mol. The zero-order chi connectivity index (χ0) is 19.9. The van der Waals surface area contributed by atoms with Crippen molar-refractivity contribution in [1.82, 2.24) is 0 Å². The molecule has 142 valence electrons. The van der Waals surface area contributed by atoms with E-state index in [1.807, 2.05) is 0 Å². The van der Waals surface area contributed by atoms with Crippen LogP contribution in [0.3, 0.4) is 0 Å². The van der Waals surface area contributed by atoms with Gasteiger partial charge < -0.3 is 24.8 Å². The molecule has 2 aromatic carbocycles. The third kappa shape index (κ3) is 3.00. The highest BCUT2D eigenvalue weighted by Crippen LogP contribution is 2.49. The Morgan fingerprint density at radius 2 is 2.04 bits per heavy atom. The minimum Gasteiger partial charge on any atom is -0.506 e. The normalized spacial score (nSPS) is 22.4. The zero-order valence-corrected chi connectivity index (χ0v) is 15.1. The molecule has 2 atom stereocenters. The van der Waals surface area contributed by atoms with Gasteiger partial charge >= 0.3 is 5.97 Å². The maximum Gasteiger partial charge on any atom is 0.331 e. The van der Waals surface area contributed by atoms with Crippen molar-refractivity contribution in [3.63, 3.8) is 0 Å². The van der Waals surface area contributed by atoms with E-state index < -0.39 is 23.3 Å². The topological polar surface area (TPSA) is 113 Å². The van der Waals surface area contributed by atoms with Gasteiger partial charge in [0.2, 0.25) is 0 Å². The number of fused-ring (bicyclic) bond motifs is 2. The van der Waals surface area contributed by atoms with E-state index in [2.05, 4.69) is 0 Å². The van der Waals surface area contributed by atoms with Crippen LogP contribution in [0.15, 0.2) is 36.1 Å². The summed E-state index contributed by atoms with van der Waals surface area (Å²) in [5.41, 5.74) is -1.24. The summed E-state index contributed by atoms with van der Waals surface area (Å²) in [6, 6.07) is 6.78. The number of aliphatic carboxylic acids is 1. The summed E-state index contributed by atoms with van der Waals surface area (Å²) >= 11 is 0. The lowest BCUT2D eigenvalue weighted by Crippen LogP contribution is -2.41. The first-order valence-electron chi connectivity index (χ1n) is 8.28. The first kappa shape index (κ1) is 18.7. The lowest BCUT2D eigenvalue weighted by atomic mass is 9.70. The Morgan fingerprint density at radius 1 is 1.33 bits per heavy atom. The van der Waals surface area contributed by atoms with Crippen LogP contribution >= 0.6 is 0 Å². The Labute approximate surface area is 155 Å². The molecular formula is C20H20O7. The number of carboxylic acid groups (broad SMARTS) is 1. The molecule has 0 bridgehead atoms. The first-order chi connectivity index (χ1) is 12.7. The first-order valence-corrected chi connectivity index (χ1v) is 8.28. The highest BCUT2D eigenvalue weighted by Gasteiger charge is 2.46. The minimum atomic E-state index is -1.58. The number of phenols is 1. The number of carbonyl (C=O) groups excluding carboxylic acids is 1. The number of carbonyl (C=O) groups is 2. The van der Waals surface area contributed by atoms with Gasteiger partial charge in [-0.3, -0.25) is 4.79 Å². The van der Waals surface area contributed by atoms with Crippen LogP contribution in [0.2, 0.25) is 0 Å². The summed E-state index contributed by atoms with van der Waals surface area (Å²) in [7, 11) is 2.76. The second-order valence-electron chi connectivity index (χ2n) is 6.73. The Hall–Kier alpha value is -3.06. The third-order valence-corrected chi connectivity index (χ3v) is 4.87. The Kier molecular flexibility index (Phi) is 4.57. The van der Waals surface area contributed by atoms with E-state index in [-0.39, 0.29) is 23.5 Å². The van der Waals surface area contributed by atoms with E-state index in [0.717, 1.165) is 6.08 Å². The van der Waals surface area contributed by atoms with Crippen molar-refractivity contribution in [2.75, 3.05) is 14.2 Å². The van der Waals surface area contributed by atoms with E-state index in [4.69, 9.17) is 14.6 Å². The van der Waals surface area contributed by atoms with Crippen LogP contribution in [-0.4, -0.2) is 46.9 Å². The van der Waals surface area contributed by atoms with E-state index in [0.29, 0.717) is 22.1 Å². The number of benzene rings is 2. The molecule has 0 heterocycles. The molecule has 0 saturated heterocycles. The molecule has 7 nitrogen and oxygen atoms in total. The van der Waals surface area contributed by atoms with Crippen LogP contribution in [0.25, 0.3) is 10.8 Å². The molecule has 0 saturated carbocycles. The van der Waals surface area contributed by atoms with Gasteiger partial charge in [0.15, 0.2) is 5.78 Å². The maximum atomic E-state index is 12.7. The largest absolute Gasteiger partial charge is 0.506 e. The molecule has 2 aromatic rings. The third-order valence-electron chi connectivity index (χ3n) is 4.87. The molecule has 7 heteroatoms. The van der Waals surface area contributed by atoms with E-state index in [9.17, 15) is 19.8 Å². The Morgan fingerprint density at radius 3 is 2.63 bits per heavy atom. The number of hydrogen-bond donors (Lipinski definition) is 3. The quantitative estimate of drug-likeness (QED) is 0.558. The van der Waals surface area contributed by atoms with Crippen LogP contribution in [0.1, 0.15) is 35.2 Å². The van der Waals surface area contributed by atoms with Crippen molar-refractivity contribution in [3.05, 3.63) is 47.2 Å². The molecule has 3 N–H and O–H groups in total. The van der Waals surface area contributed by atoms with Crippen molar-refractivity contribution in [2.45, 2.75) is 24.9 Å². The fourth-order valence-corrected chi connectivity index (χ4v) is 3.81. The molecule has 0 unspecified atom stereocenters. The van der Waals surface area contributed by atoms with Crippen LogP contribution in [0, 0.1) is 0 Å². The predicted molar refractivity (Wildman–Crippen MR) is 97.2 cm³/mol. The number of ketones is 1. The van der Waals surface area contributed by atoms with Crippen molar-refractivity contribution < 1.29 is 34.4 Å². The van der Waals surface area contributed by atoms with Crippen LogP contribution in [-0.2, 0) is 9.53 Å². The van der Waals surface area contributed by atoms with Crippen LogP contribution < -0.4 is 4.74 Å². The number of phenolic OH excluding ortho intramolecular Hbond substituents is 1. The summed E-state index contributed by atoms with van der Waals surface area (Å²) in [5, 5.41) is 31.8. The van der Waals surface area contributed by atoms with Gasteiger partial charge in [-0.05, 0) is 30.0 Å². The van der Waals surface area contributed by atoms with E-state index in [1.54, 1.807) is 24.3 Å². The van der Waals surface area contributed by atoms with Crippen molar-refractivity contribution >= 4 is 22.5 Å². The van der Waals surface area contributed by atoms with Gasteiger partial charge in [-0.25, -0.2) is 4.79 Å². The molecule has 3 rings (SSSR count). The minimum absolute atomic E-state index is 0.0112. The van der Waals surface area contributed by atoms with E-state index >= 15 is 0 Å². The van der Waals surface area contributed by atoms with Gasteiger partial charge in [-0.15, -0.1) is 0 Å². The Bertz CT molecular complexity index is 972. The number of rotatable bonds is 4. The number of carboxylic acids is 1. The van der Waals surface area contributed by atoms with Crippen molar-refractivity contribution in [1.29, 1.82) is 0 Å². The monoisotopic (exact) mass is 372 g/mol. The number of aromatic hydroxyl groups is 1. The lowest BCUT2D eigenvalue weighted by molar-refractivity contribution is -0.131. The second kappa shape index (κ2) is 6.59. The molecule has 0 aromatic heterocycles. The predicted octanol–water partition coefficient (Wildman–Crippen LogP) is 2.59. The summed E-state index contributed by atoms with van der Waals surface area (Å²) in [6.45, 7) is 1.44. The fourth-order valence-electron chi connectivity index (χ4n) is 3.81. The van der Waals surface area contributed by atoms with Gasteiger partial charge in [0.05, 0.1) is 42.8 Å². The van der Waals surface area contributed by atoms with Crippen LogP contribution in [0.4, 0.5) is 0 Å². The second-order valence-corrected chi connectivity index (χ2v) is 6.73. The number of hydrogen-bond acceptors (Lipinski definition) is 6. The van der Waals surface area contributed by atoms with Gasteiger partial charge in [-0.1, -0.05) is 12.1 Å². The summed E-state index contributed by atoms with van der Waals surface area (Å²) in [5.74, 6) is -2.48. The standard InChI is InChI=1S/C20H20O7/c1-20(25)9-12(21)17-11(18(20)14(27-3)8-15(22)23)7-10-5-4-6-13(26-2)16(10)19(17)24/h4-8,18,24-25H,9H2,1-3H3,(H,22,23)/b14-8-/t18-,20-/m0/s1. The Balaban J connectivity index is 2.39. The molecule has 0 spiro atoms. The number of methoxy groups -OCH3 is 2. The highest BCUT2D eigenvalue weighted by molar-refractivity contribution is 6.09. The molecule has 0 aliphatic heterocycles. The average Bonchev–Trinajstić information content (AvgIpc) is 2.58. The molecule has 0 fully saturated rings. The summed E-state index contributed by atoms with van der Waals surface area (Å²) < 4.78 is 10.5. The SMILES string of the molecule is CO/C(=C\C(=O)O)[C@@H]1c2cc3cccc(OC)c3c(O)c2C(=O)C[C@]1(C)O. The highest BCUT2D eigenvalue weighted by atomic mass is 16.5. The molecule has 1 aliphatic carbocycles. The van der Waals surface area contributed by atoms with Crippen molar-refractivity contribution in [3.8, 4) is 11.5 Å². The summed E-state index contributed by atoms with van der Waals surface area (Å²) in [6.07, 6.45) is 0.560. The smallest absolute Gasteiger partial charge is 0.331 e. The molecular weight excluding hydrogens is 352 g/mol. The van der Waals surface area contributed by atoms with E-state index in [1.165, 1.54) is 21.1 Å². The zero-order valence-electron chi connectivity index (χ0n) is 15.1. The van der Waals surface area contributed by atoms with Crippen LogP contribution in [0.5, 0.6) is 11.5 Å². The van der Waals surface area contributed by atoms with Gasteiger partial charge in [0, 0.05) is 6.42 Å². The molecule has 27 heavy (non-hydrogen) atoms. The van der Waals surface area contributed by atoms with Crippen molar-refractivity contribution in [2.24, 2.45) is 0 Å². The number of ether oxygens (including phenoxy) is 2. The molecule has 0 radical (unpaired) electrons. The van der Waals surface area contributed by atoms with Gasteiger partial charge in [-0.2, -0.15) is 0 Å². The van der Waals surface area contributed by atoms with Gasteiger partial charge in [0.25, 0.3) is 0 Å². The molecule has 1 aliphatic rings. The summed E-state index contributed by atoms with van der Waals surface area (Å²) in [4.78, 5) is 23.9. The number of Topliss-reactive ketones (excluding diaryl/α,β-unsaturated/α-hetero) is 1. The number of aliphatic hydroxyl groups is 1. The van der Waals surface area contributed by atoms with Gasteiger partial charge in [0.1, 0.15) is 17.3 Å². The fraction of sp³-hybridized carbons (Fsp3) is 0.300. The maximum absolute atomic E-state index is 12.7.